The molecule has 0 fully saturated rings. The number of aromatic nitrogens is 2. The smallest absolute Gasteiger partial charge is 0.263 e. The Kier molecular flexibility index (Phi) is 1.67. The summed E-state index contributed by atoms with van der Waals surface area (Å²) < 4.78 is 4.78. The zero-order valence-electron chi connectivity index (χ0n) is 5.51. The van der Waals surface area contributed by atoms with Crippen molar-refractivity contribution in [1.82, 2.24) is 10.1 Å². The fourth-order valence-corrected chi connectivity index (χ4v) is 0.500. The summed E-state index contributed by atoms with van der Waals surface area (Å²) >= 11 is 0. The summed E-state index contributed by atoms with van der Waals surface area (Å²) in [6.45, 7) is 1.97. The third-order valence-electron chi connectivity index (χ3n) is 0.994. The maximum Gasteiger partial charge on any atom is 0.263 e. The van der Waals surface area contributed by atoms with Gasteiger partial charge in [0.2, 0.25) is 5.89 Å². The summed E-state index contributed by atoms with van der Waals surface area (Å²) in [5, 5.41) is 6.37. The highest BCUT2D eigenvalue weighted by molar-refractivity contribution is 5.18. The predicted molar refractivity (Wildman–Crippen MR) is 33.2 cm³/mol. The molecule has 1 heterocycles. The van der Waals surface area contributed by atoms with Crippen molar-refractivity contribution < 1.29 is 4.52 Å². The summed E-state index contributed by atoms with van der Waals surface area (Å²) in [7, 11) is 1.75. The van der Waals surface area contributed by atoms with E-state index < -0.39 is 0 Å². The zero-order valence-corrected chi connectivity index (χ0v) is 5.51. The first-order valence-electron chi connectivity index (χ1n) is 2.87. The van der Waals surface area contributed by atoms with Crippen LogP contribution in [0.2, 0.25) is 0 Å². The van der Waals surface area contributed by atoms with Crippen LogP contribution < -0.4 is 5.32 Å². The molecule has 4 heteroatoms. The van der Waals surface area contributed by atoms with Crippen LogP contribution in [0.1, 0.15) is 12.8 Å². The van der Waals surface area contributed by atoms with E-state index in [9.17, 15) is 0 Å². The minimum atomic E-state index is 0.548. The van der Waals surface area contributed by atoms with E-state index in [2.05, 4.69) is 15.5 Å². The molecule has 0 aliphatic rings. The van der Waals surface area contributed by atoms with Gasteiger partial charge in [-0.25, -0.2) is 0 Å². The molecular formula is C5H9N3O. The average Bonchev–Trinajstić information content (AvgIpc) is 2.34. The molecule has 9 heavy (non-hydrogen) atoms. The van der Waals surface area contributed by atoms with Gasteiger partial charge in [-0.05, 0) is 5.16 Å². The van der Waals surface area contributed by atoms with Crippen molar-refractivity contribution in [2.24, 2.45) is 0 Å². The topological polar surface area (TPSA) is 51.0 Å². The lowest BCUT2D eigenvalue weighted by atomic mass is 10.5. The lowest BCUT2D eigenvalue weighted by Gasteiger charge is -1.81. The fraction of sp³-hybridized carbons (Fsp3) is 0.600. The number of nitrogens with zero attached hydrogens (tertiary/aromatic N) is 2. The highest BCUT2D eigenvalue weighted by atomic mass is 16.5. The van der Waals surface area contributed by atoms with Crippen LogP contribution in [0.25, 0.3) is 0 Å². The molecule has 0 spiro atoms. The molecule has 0 atom stereocenters. The number of nitrogens with one attached hydrogen (secondary N) is 1. The zero-order chi connectivity index (χ0) is 6.69. The van der Waals surface area contributed by atoms with E-state index in [-0.39, 0.29) is 0 Å². The van der Waals surface area contributed by atoms with Crippen LogP contribution in [0.5, 0.6) is 0 Å². The highest BCUT2D eigenvalue weighted by Gasteiger charge is 1.98. The summed E-state index contributed by atoms with van der Waals surface area (Å²) in [6.07, 6.45) is 0.786. The van der Waals surface area contributed by atoms with E-state index >= 15 is 0 Å². The summed E-state index contributed by atoms with van der Waals surface area (Å²) in [5.41, 5.74) is 0. The molecule has 1 rings (SSSR count). The average molecular weight is 127 g/mol. The molecule has 0 amide bonds. The van der Waals surface area contributed by atoms with Gasteiger partial charge in [0.05, 0.1) is 0 Å². The Balaban J connectivity index is 2.74. The molecule has 4 nitrogen and oxygen atoms in total. The molecule has 0 unspecified atom stereocenters. The number of aryl methyl sites for hydroxylation is 1. The molecule has 0 aromatic carbocycles. The molecule has 1 aromatic rings. The van der Waals surface area contributed by atoms with Crippen LogP contribution in [-0.4, -0.2) is 17.2 Å². The van der Waals surface area contributed by atoms with E-state index in [1.807, 2.05) is 6.92 Å². The van der Waals surface area contributed by atoms with Crippen molar-refractivity contribution in [1.29, 1.82) is 0 Å². The lowest BCUT2D eigenvalue weighted by molar-refractivity contribution is 0.383. The van der Waals surface area contributed by atoms with Gasteiger partial charge >= 0.3 is 0 Å². The standard InChI is InChI=1S/C5H9N3O/c1-3-4-7-5(6-2)8-9-4/h3H2,1-2H3,(H,6,8). The van der Waals surface area contributed by atoms with Crippen LogP contribution in [0.15, 0.2) is 4.52 Å². The van der Waals surface area contributed by atoms with Gasteiger partial charge in [-0.1, -0.05) is 6.92 Å². The normalized spacial score (nSPS) is 9.56. The van der Waals surface area contributed by atoms with Gasteiger partial charge in [0.15, 0.2) is 0 Å². The van der Waals surface area contributed by atoms with Crippen LogP contribution >= 0.6 is 0 Å². The molecule has 50 valence electrons. The first-order valence-corrected chi connectivity index (χ1v) is 2.87. The van der Waals surface area contributed by atoms with Crippen LogP contribution in [0.3, 0.4) is 0 Å². The number of rotatable bonds is 2. The van der Waals surface area contributed by atoms with Gasteiger partial charge in [-0.2, -0.15) is 4.98 Å². The van der Waals surface area contributed by atoms with Crippen LogP contribution in [-0.2, 0) is 6.42 Å². The SMILES string of the molecule is CCc1nc(NC)no1. The second kappa shape index (κ2) is 2.48. The van der Waals surface area contributed by atoms with Crippen molar-refractivity contribution >= 4 is 5.95 Å². The minimum Gasteiger partial charge on any atom is -0.355 e. The van der Waals surface area contributed by atoms with E-state index in [0.29, 0.717) is 11.8 Å². The van der Waals surface area contributed by atoms with E-state index in [4.69, 9.17) is 4.52 Å². The van der Waals surface area contributed by atoms with Gasteiger partial charge in [0.1, 0.15) is 0 Å². The van der Waals surface area contributed by atoms with Crippen LogP contribution in [0, 0.1) is 0 Å². The van der Waals surface area contributed by atoms with Gasteiger partial charge in [0.25, 0.3) is 5.95 Å². The van der Waals surface area contributed by atoms with Gasteiger partial charge in [-0.15, -0.1) is 0 Å². The summed E-state index contributed by atoms with van der Waals surface area (Å²) in [6, 6.07) is 0. The first kappa shape index (κ1) is 6.07. The van der Waals surface area contributed by atoms with Crippen molar-refractivity contribution in [3.05, 3.63) is 5.89 Å². The number of anilines is 1. The Labute approximate surface area is 53.3 Å². The van der Waals surface area contributed by atoms with E-state index in [0.717, 1.165) is 6.42 Å². The fourth-order valence-electron chi connectivity index (χ4n) is 0.500. The summed E-state index contributed by atoms with van der Waals surface area (Å²) in [5.74, 6) is 1.21. The largest absolute Gasteiger partial charge is 0.355 e. The number of hydrogen-bond donors (Lipinski definition) is 1. The second-order valence-corrected chi connectivity index (χ2v) is 1.62. The van der Waals surface area contributed by atoms with E-state index in [1.165, 1.54) is 0 Å². The minimum absolute atomic E-state index is 0.548. The summed E-state index contributed by atoms with van der Waals surface area (Å²) in [4.78, 5) is 3.96. The third-order valence-corrected chi connectivity index (χ3v) is 0.994. The Morgan fingerprint density at radius 1 is 1.67 bits per heavy atom. The third kappa shape index (κ3) is 1.19. The van der Waals surface area contributed by atoms with Crippen molar-refractivity contribution in [3.63, 3.8) is 0 Å². The quantitative estimate of drug-likeness (QED) is 0.634. The Hall–Kier alpha value is -1.06. The van der Waals surface area contributed by atoms with Gasteiger partial charge in [0, 0.05) is 13.5 Å². The molecule has 0 saturated heterocycles. The molecule has 0 aliphatic carbocycles. The molecule has 1 aromatic heterocycles. The van der Waals surface area contributed by atoms with Crippen molar-refractivity contribution in [2.45, 2.75) is 13.3 Å². The maximum atomic E-state index is 4.78. The van der Waals surface area contributed by atoms with Crippen molar-refractivity contribution in [2.75, 3.05) is 12.4 Å². The first-order chi connectivity index (χ1) is 4.36. The molecule has 0 radical (unpaired) electrons. The predicted octanol–water partition coefficient (Wildman–Crippen LogP) is 0.674. The maximum absolute atomic E-state index is 4.78. The molecule has 0 aliphatic heterocycles. The molecule has 0 bridgehead atoms. The lowest BCUT2D eigenvalue weighted by Crippen LogP contribution is -1.89. The van der Waals surface area contributed by atoms with Gasteiger partial charge < -0.3 is 9.84 Å². The number of hydrogen-bond acceptors (Lipinski definition) is 4. The van der Waals surface area contributed by atoms with Gasteiger partial charge in [-0.3, -0.25) is 0 Å². The second-order valence-electron chi connectivity index (χ2n) is 1.62. The molecule has 0 saturated carbocycles. The van der Waals surface area contributed by atoms with Crippen molar-refractivity contribution in [3.8, 4) is 0 Å². The van der Waals surface area contributed by atoms with Crippen LogP contribution in [0.4, 0.5) is 5.95 Å². The molecular weight excluding hydrogens is 118 g/mol. The Morgan fingerprint density at radius 3 is 2.78 bits per heavy atom. The monoisotopic (exact) mass is 127 g/mol. The highest BCUT2D eigenvalue weighted by Crippen LogP contribution is 2.00. The Morgan fingerprint density at radius 2 is 2.44 bits per heavy atom. The Bertz CT molecular complexity index is 166. The van der Waals surface area contributed by atoms with E-state index in [1.54, 1.807) is 7.05 Å². The molecule has 1 N–H and O–H groups in total.